The van der Waals surface area contributed by atoms with Gasteiger partial charge in [-0.05, 0) is 55.8 Å². The van der Waals surface area contributed by atoms with Crippen molar-refractivity contribution in [3.05, 3.63) is 88.8 Å². The van der Waals surface area contributed by atoms with Crippen molar-refractivity contribution in [2.75, 3.05) is 13.4 Å². The summed E-state index contributed by atoms with van der Waals surface area (Å²) in [4.78, 5) is 0. The monoisotopic (exact) mass is 597 g/mol. The number of hydrogen-bond acceptors (Lipinski definition) is 8. The minimum atomic E-state index is -4.90. The molecule has 2 aromatic heterocycles. The van der Waals surface area contributed by atoms with E-state index < -0.39 is 40.0 Å². The van der Waals surface area contributed by atoms with Crippen molar-refractivity contribution in [2.24, 2.45) is 0 Å². The van der Waals surface area contributed by atoms with Gasteiger partial charge in [-0.25, -0.2) is 9.07 Å². The van der Waals surface area contributed by atoms with Gasteiger partial charge >= 0.3 is 6.18 Å². The maximum atomic E-state index is 14.4. The van der Waals surface area contributed by atoms with Gasteiger partial charge in [0.05, 0.1) is 43.7 Å². The first kappa shape index (κ1) is 30.1. The van der Waals surface area contributed by atoms with Crippen LogP contribution < -0.4 is 4.74 Å². The molecule has 0 aliphatic carbocycles. The van der Waals surface area contributed by atoms with Gasteiger partial charge in [-0.2, -0.15) is 26.7 Å². The predicted molar refractivity (Wildman–Crippen MR) is 138 cm³/mol. The molecule has 1 unspecified atom stereocenters. The van der Waals surface area contributed by atoms with Gasteiger partial charge in [0.15, 0.2) is 11.8 Å². The third kappa shape index (κ3) is 7.28. The average Bonchev–Trinajstić information content (AvgIpc) is 3.58. The van der Waals surface area contributed by atoms with Crippen LogP contribution in [0.15, 0.2) is 54.7 Å². The van der Waals surface area contributed by atoms with Crippen molar-refractivity contribution in [1.82, 2.24) is 24.8 Å². The smallest absolute Gasteiger partial charge is 0.435 e. The topological polar surface area (TPSA) is 110 Å². The van der Waals surface area contributed by atoms with E-state index >= 15 is 0 Å². The van der Waals surface area contributed by atoms with Crippen molar-refractivity contribution in [3.8, 4) is 11.4 Å². The first-order valence-corrected chi connectivity index (χ1v) is 14.1. The van der Waals surface area contributed by atoms with E-state index in [1.807, 2.05) is 0 Å². The first-order valence-electron chi connectivity index (χ1n) is 12.3. The summed E-state index contributed by atoms with van der Waals surface area (Å²) in [5.74, 6) is -0.0195. The van der Waals surface area contributed by atoms with Gasteiger partial charge in [0, 0.05) is 12.1 Å². The summed E-state index contributed by atoms with van der Waals surface area (Å²) in [5.41, 5.74) is -0.758. The van der Waals surface area contributed by atoms with Gasteiger partial charge in [-0.15, -0.1) is 5.10 Å². The number of halogens is 4. The zero-order valence-corrected chi connectivity index (χ0v) is 23.3. The molecule has 2 atom stereocenters. The molecule has 0 amide bonds. The highest BCUT2D eigenvalue weighted by molar-refractivity contribution is 7.86. The Labute approximate surface area is 233 Å². The third-order valence-electron chi connectivity index (χ3n) is 6.03. The standard InChI is InChI=1S/C26H27F4N5O5S/c1-5-34-14-21(31-33-34)25(40-41(4,36)37)23-13-24(26(28,29)30)32-35(23)22-11-8-18(27)12-20(22)16(2)39-15-17-6-9-19(38-3)10-7-17/h6-14,16,25H,5,15H2,1-4H3/t16-,25?/m1/s1. The third-order valence-corrected chi connectivity index (χ3v) is 6.57. The van der Waals surface area contributed by atoms with Crippen molar-refractivity contribution >= 4 is 10.1 Å². The van der Waals surface area contributed by atoms with E-state index in [0.29, 0.717) is 18.4 Å². The molecule has 41 heavy (non-hydrogen) atoms. The van der Waals surface area contributed by atoms with Gasteiger partial charge < -0.3 is 9.47 Å². The lowest BCUT2D eigenvalue weighted by Gasteiger charge is -2.21. The fourth-order valence-electron chi connectivity index (χ4n) is 4.00. The highest BCUT2D eigenvalue weighted by atomic mass is 32.2. The lowest BCUT2D eigenvalue weighted by molar-refractivity contribution is -0.141. The van der Waals surface area contributed by atoms with E-state index in [1.165, 1.54) is 24.1 Å². The van der Waals surface area contributed by atoms with Crippen LogP contribution in [0.5, 0.6) is 5.75 Å². The summed E-state index contributed by atoms with van der Waals surface area (Å²) < 4.78 is 99.0. The van der Waals surface area contributed by atoms with Crippen LogP contribution in [0, 0.1) is 5.82 Å². The molecular formula is C26H27F4N5O5S. The molecule has 0 N–H and O–H groups in total. The first-order chi connectivity index (χ1) is 19.3. The van der Waals surface area contributed by atoms with Crippen molar-refractivity contribution in [3.63, 3.8) is 0 Å². The fourth-order valence-corrected chi connectivity index (χ4v) is 4.55. The number of nitrogens with zero attached hydrogens (tertiary/aromatic N) is 5. The minimum Gasteiger partial charge on any atom is -0.497 e. The van der Waals surface area contributed by atoms with Crippen molar-refractivity contribution in [2.45, 2.75) is 45.4 Å². The van der Waals surface area contributed by atoms with Crippen LogP contribution in [0.4, 0.5) is 17.6 Å². The van der Waals surface area contributed by atoms with Gasteiger partial charge in [-0.1, -0.05) is 17.3 Å². The summed E-state index contributed by atoms with van der Waals surface area (Å²) in [6, 6.07) is 11.1. The minimum absolute atomic E-state index is 0.0177. The molecule has 0 saturated heterocycles. The van der Waals surface area contributed by atoms with E-state index in [-0.39, 0.29) is 29.2 Å². The predicted octanol–water partition coefficient (Wildman–Crippen LogP) is 4.99. The zero-order valence-electron chi connectivity index (χ0n) is 22.5. The molecule has 0 aliphatic heterocycles. The Hall–Kier alpha value is -3.82. The maximum Gasteiger partial charge on any atom is 0.435 e. The molecule has 2 heterocycles. The van der Waals surface area contributed by atoms with Crippen LogP contribution in [0.25, 0.3) is 5.69 Å². The summed E-state index contributed by atoms with van der Waals surface area (Å²) in [6.45, 7) is 3.81. The van der Waals surface area contributed by atoms with Gasteiger partial charge in [-0.3, -0.25) is 8.86 Å². The Balaban J connectivity index is 1.81. The van der Waals surface area contributed by atoms with E-state index in [2.05, 4.69) is 15.4 Å². The molecule has 0 radical (unpaired) electrons. The molecule has 0 aliphatic rings. The van der Waals surface area contributed by atoms with Crippen LogP contribution in [-0.4, -0.2) is 46.6 Å². The Morgan fingerprint density at radius 2 is 1.78 bits per heavy atom. The molecular weight excluding hydrogens is 570 g/mol. The second kappa shape index (κ2) is 12.0. The number of ether oxygens (including phenoxy) is 2. The molecule has 0 fully saturated rings. The molecule has 4 rings (SSSR count). The number of alkyl halides is 3. The summed E-state index contributed by atoms with van der Waals surface area (Å²) >= 11 is 0. The zero-order chi connectivity index (χ0) is 29.9. The largest absolute Gasteiger partial charge is 0.497 e. The molecule has 0 saturated carbocycles. The number of methoxy groups -OCH3 is 1. The number of benzene rings is 2. The molecule has 4 aromatic rings. The number of aryl methyl sites for hydroxylation is 1. The summed E-state index contributed by atoms with van der Waals surface area (Å²) in [6.07, 6.45) is -5.26. The van der Waals surface area contributed by atoms with E-state index in [4.69, 9.17) is 13.7 Å². The fraction of sp³-hybridized carbons (Fsp3) is 0.346. The molecule has 0 bridgehead atoms. The van der Waals surface area contributed by atoms with Crippen molar-refractivity contribution in [1.29, 1.82) is 0 Å². The van der Waals surface area contributed by atoms with E-state index in [1.54, 1.807) is 38.1 Å². The highest BCUT2D eigenvalue weighted by Gasteiger charge is 2.38. The summed E-state index contributed by atoms with van der Waals surface area (Å²) in [5, 5.41) is 11.5. The van der Waals surface area contributed by atoms with Gasteiger partial charge in [0.2, 0.25) is 0 Å². The molecule has 0 spiro atoms. The number of hydrogen-bond donors (Lipinski definition) is 0. The number of rotatable bonds is 11. The average molecular weight is 598 g/mol. The Kier molecular flexibility index (Phi) is 8.80. The lowest BCUT2D eigenvalue weighted by Crippen LogP contribution is -2.18. The maximum absolute atomic E-state index is 14.4. The lowest BCUT2D eigenvalue weighted by atomic mass is 10.1. The second-order valence-corrected chi connectivity index (χ2v) is 10.6. The second-order valence-electron chi connectivity index (χ2n) is 9.05. The van der Waals surface area contributed by atoms with Crippen molar-refractivity contribution < 1.29 is 39.6 Å². The summed E-state index contributed by atoms with van der Waals surface area (Å²) in [7, 11) is -2.68. The normalized spacial score (nSPS) is 13.8. The molecule has 2 aromatic carbocycles. The van der Waals surface area contributed by atoms with Gasteiger partial charge in [0.25, 0.3) is 10.1 Å². The van der Waals surface area contributed by atoms with Gasteiger partial charge in [0.1, 0.15) is 17.3 Å². The van der Waals surface area contributed by atoms with Crippen LogP contribution in [0.1, 0.15) is 54.3 Å². The van der Waals surface area contributed by atoms with Crippen LogP contribution in [-0.2, 0) is 38.4 Å². The molecule has 10 nitrogen and oxygen atoms in total. The Morgan fingerprint density at radius 1 is 1.07 bits per heavy atom. The van der Waals surface area contributed by atoms with Crippen LogP contribution in [0.2, 0.25) is 0 Å². The highest BCUT2D eigenvalue weighted by Crippen LogP contribution is 2.36. The molecule has 220 valence electrons. The molecule has 15 heteroatoms. The quantitative estimate of drug-likeness (QED) is 0.176. The van der Waals surface area contributed by atoms with Crippen LogP contribution >= 0.6 is 0 Å². The van der Waals surface area contributed by atoms with Crippen LogP contribution in [0.3, 0.4) is 0 Å². The number of aromatic nitrogens is 5. The Bertz CT molecular complexity index is 1600. The van der Waals surface area contributed by atoms with E-state index in [0.717, 1.165) is 28.6 Å². The van der Waals surface area contributed by atoms with E-state index in [9.17, 15) is 26.0 Å². The Morgan fingerprint density at radius 3 is 2.37 bits per heavy atom. The SMILES string of the molecule is CCn1cc(C(OS(C)(=O)=O)c2cc(C(F)(F)F)nn2-c2ccc(F)cc2[C@@H](C)OCc2ccc(OC)cc2)nn1.